The molecule has 2 amide bonds. The maximum absolute atomic E-state index is 12.5. The molecule has 136 valence electrons. The Labute approximate surface area is 156 Å². The number of amides is 2. The molecule has 2 aliphatic heterocycles. The van der Waals surface area contributed by atoms with Gasteiger partial charge in [-0.15, -0.1) is 0 Å². The van der Waals surface area contributed by atoms with Gasteiger partial charge in [0.1, 0.15) is 5.75 Å². The SMILES string of the molecule is O=C(COc1cccc(Br)c1)N1CCC(C(=O)N2CCOCC2)CC1. The molecule has 0 aliphatic carbocycles. The molecule has 0 bridgehead atoms. The van der Waals surface area contributed by atoms with E-state index in [1.165, 1.54) is 0 Å². The Bertz CT molecular complexity index is 611. The summed E-state index contributed by atoms with van der Waals surface area (Å²) in [4.78, 5) is 28.5. The normalized spacial score (nSPS) is 18.9. The van der Waals surface area contributed by atoms with E-state index in [4.69, 9.17) is 9.47 Å². The molecule has 0 saturated carbocycles. The number of likely N-dealkylation sites (tertiary alicyclic amines) is 1. The fourth-order valence-electron chi connectivity index (χ4n) is 3.21. The van der Waals surface area contributed by atoms with Crippen molar-refractivity contribution >= 4 is 27.7 Å². The van der Waals surface area contributed by atoms with Crippen LogP contribution in [0.25, 0.3) is 0 Å². The number of carbonyl (C=O) groups excluding carboxylic acids is 2. The molecular formula is C18H23BrN2O4. The van der Waals surface area contributed by atoms with Gasteiger partial charge in [0.25, 0.3) is 5.91 Å². The summed E-state index contributed by atoms with van der Waals surface area (Å²) in [7, 11) is 0. The molecule has 1 aromatic carbocycles. The third-order valence-electron chi connectivity index (χ3n) is 4.68. The quantitative estimate of drug-likeness (QED) is 0.760. The van der Waals surface area contributed by atoms with Crippen molar-refractivity contribution < 1.29 is 19.1 Å². The predicted octanol–water partition coefficient (Wildman–Crippen LogP) is 1.93. The lowest BCUT2D eigenvalue weighted by Crippen LogP contribution is -2.48. The van der Waals surface area contributed by atoms with Gasteiger partial charge in [-0.3, -0.25) is 9.59 Å². The van der Waals surface area contributed by atoms with E-state index in [1.54, 1.807) is 4.90 Å². The van der Waals surface area contributed by atoms with E-state index < -0.39 is 0 Å². The molecule has 0 radical (unpaired) electrons. The molecule has 1 aromatic rings. The summed E-state index contributed by atoms with van der Waals surface area (Å²) in [5.74, 6) is 0.867. The molecular weight excluding hydrogens is 388 g/mol. The van der Waals surface area contributed by atoms with Crippen LogP contribution in [0.15, 0.2) is 28.7 Å². The van der Waals surface area contributed by atoms with Crippen LogP contribution in [0.5, 0.6) is 5.75 Å². The lowest BCUT2D eigenvalue weighted by molar-refractivity contribution is -0.144. The topological polar surface area (TPSA) is 59.1 Å². The summed E-state index contributed by atoms with van der Waals surface area (Å²) >= 11 is 3.38. The van der Waals surface area contributed by atoms with Gasteiger partial charge in [-0.05, 0) is 31.0 Å². The van der Waals surface area contributed by atoms with Crippen molar-refractivity contribution in [2.45, 2.75) is 12.8 Å². The van der Waals surface area contributed by atoms with Gasteiger partial charge in [0.2, 0.25) is 5.91 Å². The molecule has 7 heteroatoms. The van der Waals surface area contributed by atoms with Crippen LogP contribution in [0, 0.1) is 5.92 Å². The number of hydrogen-bond acceptors (Lipinski definition) is 4. The molecule has 0 spiro atoms. The van der Waals surface area contributed by atoms with Gasteiger partial charge in [0.05, 0.1) is 13.2 Å². The lowest BCUT2D eigenvalue weighted by atomic mass is 9.95. The van der Waals surface area contributed by atoms with Gasteiger partial charge in [0.15, 0.2) is 6.61 Å². The average Bonchev–Trinajstić information content (AvgIpc) is 2.66. The zero-order chi connectivity index (χ0) is 17.6. The van der Waals surface area contributed by atoms with E-state index in [0.29, 0.717) is 45.1 Å². The van der Waals surface area contributed by atoms with E-state index in [2.05, 4.69) is 15.9 Å². The van der Waals surface area contributed by atoms with Crippen molar-refractivity contribution in [3.8, 4) is 5.75 Å². The maximum atomic E-state index is 12.5. The first-order valence-electron chi connectivity index (χ1n) is 8.66. The Morgan fingerprint density at radius 2 is 1.84 bits per heavy atom. The smallest absolute Gasteiger partial charge is 0.260 e. The molecule has 0 atom stereocenters. The van der Waals surface area contributed by atoms with Crippen molar-refractivity contribution in [1.82, 2.24) is 9.80 Å². The first-order valence-corrected chi connectivity index (χ1v) is 9.45. The van der Waals surface area contributed by atoms with Gasteiger partial charge in [0, 0.05) is 36.6 Å². The van der Waals surface area contributed by atoms with Crippen LogP contribution in [0.4, 0.5) is 0 Å². The first kappa shape index (κ1) is 18.2. The van der Waals surface area contributed by atoms with Crippen molar-refractivity contribution in [3.05, 3.63) is 28.7 Å². The highest BCUT2D eigenvalue weighted by Gasteiger charge is 2.30. The number of morpholine rings is 1. The summed E-state index contributed by atoms with van der Waals surface area (Å²) in [6, 6.07) is 7.43. The number of rotatable bonds is 4. The van der Waals surface area contributed by atoms with Gasteiger partial charge in [-0.25, -0.2) is 0 Å². The highest BCUT2D eigenvalue weighted by atomic mass is 79.9. The molecule has 2 fully saturated rings. The second-order valence-corrected chi connectivity index (χ2v) is 7.25. The minimum absolute atomic E-state index is 0.0214. The van der Waals surface area contributed by atoms with Crippen LogP contribution < -0.4 is 4.74 Å². The van der Waals surface area contributed by atoms with Crippen LogP contribution in [-0.4, -0.2) is 67.6 Å². The highest BCUT2D eigenvalue weighted by Crippen LogP contribution is 2.21. The average molecular weight is 411 g/mol. The Morgan fingerprint density at radius 3 is 2.52 bits per heavy atom. The van der Waals surface area contributed by atoms with E-state index in [0.717, 1.165) is 17.3 Å². The molecule has 6 nitrogen and oxygen atoms in total. The van der Waals surface area contributed by atoms with Crippen LogP contribution in [0.2, 0.25) is 0 Å². The Kier molecular flexibility index (Phi) is 6.31. The van der Waals surface area contributed by atoms with Crippen molar-refractivity contribution in [1.29, 1.82) is 0 Å². The molecule has 0 N–H and O–H groups in total. The molecule has 25 heavy (non-hydrogen) atoms. The summed E-state index contributed by atoms with van der Waals surface area (Å²) in [5.41, 5.74) is 0. The number of nitrogens with zero attached hydrogens (tertiary/aromatic N) is 2. The molecule has 2 aliphatic rings. The third kappa shape index (κ3) is 4.95. The summed E-state index contributed by atoms with van der Waals surface area (Å²) < 4.78 is 11.8. The number of hydrogen-bond donors (Lipinski definition) is 0. The summed E-state index contributed by atoms with van der Waals surface area (Å²) in [5, 5.41) is 0. The van der Waals surface area contributed by atoms with Crippen molar-refractivity contribution in [2.24, 2.45) is 5.92 Å². The Hall–Kier alpha value is -1.60. The summed E-state index contributed by atoms with van der Waals surface area (Å²) in [6.45, 7) is 3.85. The fraction of sp³-hybridized carbons (Fsp3) is 0.556. The second-order valence-electron chi connectivity index (χ2n) is 6.34. The minimum Gasteiger partial charge on any atom is -0.484 e. The third-order valence-corrected chi connectivity index (χ3v) is 5.17. The molecule has 0 unspecified atom stereocenters. The highest BCUT2D eigenvalue weighted by molar-refractivity contribution is 9.10. The number of ether oxygens (including phenoxy) is 2. The molecule has 2 saturated heterocycles. The zero-order valence-corrected chi connectivity index (χ0v) is 15.7. The fourth-order valence-corrected chi connectivity index (χ4v) is 3.59. The predicted molar refractivity (Wildman–Crippen MR) is 96.3 cm³/mol. The van der Waals surface area contributed by atoms with Crippen molar-refractivity contribution in [3.63, 3.8) is 0 Å². The molecule has 3 rings (SSSR count). The van der Waals surface area contributed by atoms with E-state index >= 15 is 0 Å². The van der Waals surface area contributed by atoms with Crippen LogP contribution in [-0.2, 0) is 14.3 Å². The summed E-state index contributed by atoms with van der Waals surface area (Å²) in [6.07, 6.45) is 1.44. The maximum Gasteiger partial charge on any atom is 0.260 e. The van der Waals surface area contributed by atoms with Gasteiger partial charge >= 0.3 is 0 Å². The zero-order valence-electron chi connectivity index (χ0n) is 14.2. The number of benzene rings is 1. The van der Waals surface area contributed by atoms with Crippen LogP contribution in [0.1, 0.15) is 12.8 Å². The van der Waals surface area contributed by atoms with Gasteiger partial charge < -0.3 is 19.3 Å². The van der Waals surface area contributed by atoms with E-state index in [1.807, 2.05) is 29.2 Å². The first-order chi connectivity index (χ1) is 12.1. The Morgan fingerprint density at radius 1 is 1.12 bits per heavy atom. The second kappa shape index (κ2) is 8.67. The lowest BCUT2D eigenvalue weighted by Gasteiger charge is -2.35. The monoisotopic (exact) mass is 410 g/mol. The van der Waals surface area contributed by atoms with Gasteiger partial charge in [-0.2, -0.15) is 0 Å². The number of halogens is 1. The van der Waals surface area contributed by atoms with Crippen LogP contribution >= 0.6 is 15.9 Å². The molecule has 2 heterocycles. The molecule has 0 aromatic heterocycles. The van der Waals surface area contributed by atoms with E-state index in [9.17, 15) is 9.59 Å². The standard InChI is InChI=1S/C18H23BrN2O4/c19-15-2-1-3-16(12-15)25-13-17(22)20-6-4-14(5-7-20)18(23)21-8-10-24-11-9-21/h1-3,12,14H,4-11,13H2. The van der Waals surface area contributed by atoms with E-state index in [-0.39, 0.29) is 24.3 Å². The van der Waals surface area contributed by atoms with Crippen LogP contribution in [0.3, 0.4) is 0 Å². The number of piperidine rings is 1. The number of carbonyl (C=O) groups is 2. The minimum atomic E-state index is -0.0303. The largest absolute Gasteiger partial charge is 0.484 e. The van der Waals surface area contributed by atoms with Crippen molar-refractivity contribution in [2.75, 3.05) is 46.0 Å². The Balaban J connectivity index is 1.43. The van der Waals surface area contributed by atoms with Gasteiger partial charge in [-0.1, -0.05) is 22.0 Å².